The maximum Gasteiger partial charge on any atom is 0.230 e. The molecule has 1 fully saturated rings. The number of unbranched alkanes of at least 4 members (excludes halogenated alkanes) is 2. The molecule has 3 rings (SSSR count). The standard InChI is InChI=1S/C22H33N5O2S/c1-3-4-6-9-18(2)23-20(28)17-30-22-25-24-21(26-12-14-29-15-13-26)27(22)16-19-10-7-5-8-11-19/h5,7-8,10-11,18H,3-4,6,9,12-17H2,1-2H3,(H,23,28)/t18-/m0/s1. The topological polar surface area (TPSA) is 72.3 Å². The summed E-state index contributed by atoms with van der Waals surface area (Å²) in [6.45, 7) is 7.93. The Kier molecular flexibility index (Phi) is 9.01. The van der Waals surface area contributed by atoms with Crippen molar-refractivity contribution >= 4 is 23.6 Å². The highest BCUT2D eigenvalue weighted by Crippen LogP contribution is 2.24. The van der Waals surface area contributed by atoms with Gasteiger partial charge in [0, 0.05) is 19.1 Å². The molecule has 1 atom stereocenters. The van der Waals surface area contributed by atoms with Gasteiger partial charge in [-0.05, 0) is 18.9 Å². The lowest BCUT2D eigenvalue weighted by molar-refractivity contribution is -0.119. The molecular weight excluding hydrogens is 398 g/mol. The molecule has 1 aromatic heterocycles. The SMILES string of the molecule is CCCCC[C@H](C)NC(=O)CSc1nnc(N2CCOCC2)n1Cc1ccccc1. The van der Waals surface area contributed by atoms with Crippen LogP contribution >= 0.6 is 11.8 Å². The maximum absolute atomic E-state index is 12.4. The van der Waals surface area contributed by atoms with E-state index in [4.69, 9.17) is 4.74 Å². The van der Waals surface area contributed by atoms with Crippen molar-refractivity contribution in [3.63, 3.8) is 0 Å². The molecule has 164 valence electrons. The lowest BCUT2D eigenvalue weighted by Gasteiger charge is -2.28. The van der Waals surface area contributed by atoms with Crippen LogP contribution in [-0.2, 0) is 16.1 Å². The Morgan fingerprint density at radius 3 is 2.70 bits per heavy atom. The minimum Gasteiger partial charge on any atom is -0.378 e. The van der Waals surface area contributed by atoms with Crippen molar-refractivity contribution in [1.29, 1.82) is 0 Å². The molecule has 0 saturated carbocycles. The van der Waals surface area contributed by atoms with Crippen molar-refractivity contribution in [1.82, 2.24) is 20.1 Å². The molecule has 1 N–H and O–H groups in total. The van der Waals surface area contributed by atoms with Crippen LogP contribution in [0.3, 0.4) is 0 Å². The van der Waals surface area contributed by atoms with Gasteiger partial charge in [-0.25, -0.2) is 0 Å². The predicted octanol–water partition coefficient (Wildman–Crippen LogP) is 3.34. The van der Waals surface area contributed by atoms with E-state index in [1.165, 1.54) is 30.2 Å². The lowest BCUT2D eigenvalue weighted by atomic mass is 10.1. The third-order valence-electron chi connectivity index (χ3n) is 5.16. The van der Waals surface area contributed by atoms with E-state index in [1.54, 1.807) is 0 Å². The first-order valence-electron chi connectivity index (χ1n) is 10.9. The van der Waals surface area contributed by atoms with Crippen molar-refractivity contribution in [2.24, 2.45) is 0 Å². The molecule has 0 radical (unpaired) electrons. The van der Waals surface area contributed by atoms with Crippen LogP contribution in [0.25, 0.3) is 0 Å². The van der Waals surface area contributed by atoms with Crippen LogP contribution in [0.1, 0.15) is 45.1 Å². The quantitative estimate of drug-likeness (QED) is 0.435. The number of thioether (sulfide) groups is 1. The third kappa shape index (κ3) is 6.74. The second-order valence-electron chi connectivity index (χ2n) is 7.71. The summed E-state index contributed by atoms with van der Waals surface area (Å²) in [5, 5.41) is 12.7. The number of nitrogens with one attached hydrogen (secondary N) is 1. The van der Waals surface area contributed by atoms with E-state index < -0.39 is 0 Å². The number of anilines is 1. The molecule has 0 spiro atoms. The maximum atomic E-state index is 12.4. The van der Waals surface area contributed by atoms with Gasteiger partial charge in [-0.3, -0.25) is 9.36 Å². The van der Waals surface area contributed by atoms with Gasteiger partial charge in [0.15, 0.2) is 5.16 Å². The summed E-state index contributed by atoms with van der Waals surface area (Å²) in [5.41, 5.74) is 1.18. The molecule has 1 aliphatic heterocycles. The normalized spacial score (nSPS) is 15.2. The Hall–Kier alpha value is -2.06. The number of carbonyl (C=O) groups is 1. The van der Waals surface area contributed by atoms with Crippen LogP contribution in [0, 0.1) is 0 Å². The van der Waals surface area contributed by atoms with Gasteiger partial charge in [-0.1, -0.05) is 68.3 Å². The van der Waals surface area contributed by atoms with Gasteiger partial charge in [0.05, 0.1) is 25.5 Å². The molecule has 7 nitrogen and oxygen atoms in total. The summed E-state index contributed by atoms with van der Waals surface area (Å²) in [6, 6.07) is 10.5. The summed E-state index contributed by atoms with van der Waals surface area (Å²) in [7, 11) is 0. The highest BCUT2D eigenvalue weighted by atomic mass is 32.2. The molecule has 1 amide bonds. The van der Waals surface area contributed by atoms with E-state index in [0.717, 1.165) is 37.0 Å². The van der Waals surface area contributed by atoms with Gasteiger partial charge < -0.3 is 15.0 Å². The number of hydrogen-bond donors (Lipinski definition) is 1. The van der Waals surface area contributed by atoms with Gasteiger partial charge in [-0.2, -0.15) is 0 Å². The summed E-state index contributed by atoms with van der Waals surface area (Å²) in [5.74, 6) is 1.23. The van der Waals surface area contributed by atoms with Crippen LogP contribution < -0.4 is 10.2 Å². The van der Waals surface area contributed by atoms with Crippen LogP contribution in [-0.4, -0.2) is 58.8 Å². The second kappa shape index (κ2) is 12.0. The number of hydrogen-bond acceptors (Lipinski definition) is 6. The Morgan fingerprint density at radius 2 is 1.97 bits per heavy atom. The van der Waals surface area contributed by atoms with E-state index >= 15 is 0 Å². The summed E-state index contributed by atoms with van der Waals surface area (Å²) in [4.78, 5) is 14.6. The van der Waals surface area contributed by atoms with Crippen LogP contribution in [0.5, 0.6) is 0 Å². The molecule has 1 aromatic carbocycles. The van der Waals surface area contributed by atoms with Crippen molar-refractivity contribution in [3.8, 4) is 0 Å². The number of amides is 1. The Bertz CT molecular complexity index is 777. The van der Waals surface area contributed by atoms with Gasteiger partial charge in [-0.15, -0.1) is 10.2 Å². The lowest BCUT2D eigenvalue weighted by Crippen LogP contribution is -2.38. The highest BCUT2D eigenvalue weighted by molar-refractivity contribution is 7.99. The minimum atomic E-state index is 0.0474. The summed E-state index contributed by atoms with van der Waals surface area (Å²) in [6.07, 6.45) is 4.58. The molecule has 2 aromatic rings. The molecular formula is C22H33N5O2S. The number of carbonyl (C=O) groups excluding carboxylic acids is 1. The first-order valence-corrected chi connectivity index (χ1v) is 11.9. The number of rotatable bonds is 11. The predicted molar refractivity (Wildman–Crippen MR) is 121 cm³/mol. The fraction of sp³-hybridized carbons (Fsp3) is 0.591. The van der Waals surface area contributed by atoms with E-state index in [2.05, 4.69) is 51.0 Å². The molecule has 8 heteroatoms. The molecule has 0 aliphatic carbocycles. The number of nitrogens with zero attached hydrogens (tertiary/aromatic N) is 4. The molecule has 2 heterocycles. The number of aromatic nitrogens is 3. The molecule has 1 aliphatic rings. The van der Waals surface area contributed by atoms with Crippen LogP contribution in [0.15, 0.2) is 35.5 Å². The Morgan fingerprint density at radius 1 is 1.20 bits per heavy atom. The van der Waals surface area contributed by atoms with E-state index in [-0.39, 0.29) is 11.9 Å². The highest BCUT2D eigenvalue weighted by Gasteiger charge is 2.21. The first-order chi connectivity index (χ1) is 14.7. The van der Waals surface area contributed by atoms with E-state index in [1.807, 2.05) is 18.2 Å². The average Bonchev–Trinajstić information content (AvgIpc) is 3.16. The zero-order valence-corrected chi connectivity index (χ0v) is 18.9. The number of ether oxygens (including phenoxy) is 1. The smallest absolute Gasteiger partial charge is 0.230 e. The molecule has 0 bridgehead atoms. The van der Waals surface area contributed by atoms with Crippen molar-refractivity contribution in [2.75, 3.05) is 37.0 Å². The van der Waals surface area contributed by atoms with Crippen molar-refractivity contribution in [2.45, 2.75) is 57.3 Å². The summed E-state index contributed by atoms with van der Waals surface area (Å²) >= 11 is 1.45. The number of morpholine rings is 1. The van der Waals surface area contributed by atoms with E-state index in [9.17, 15) is 4.79 Å². The largest absolute Gasteiger partial charge is 0.378 e. The fourth-order valence-corrected chi connectivity index (χ4v) is 4.25. The molecule has 30 heavy (non-hydrogen) atoms. The second-order valence-corrected chi connectivity index (χ2v) is 8.65. The van der Waals surface area contributed by atoms with Crippen molar-refractivity contribution in [3.05, 3.63) is 35.9 Å². The monoisotopic (exact) mass is 431 g/mol. The number of benzene rings is 1. The molecule has 0 unspecified atom stereocenters. The Balaban J connectivity index is 1.64. The fourth-order valence-electron chi connectivity index (χ4n) is 3.51. The van der Waals surface area contributed by atoms with Gasteiger partial charge in [0.25, 0.3) is 0 Å². The minimum absolute atomic E-state index is 0.0474. The third-order valence-corrected chi connectivity index (χ3v) is 6.12. The van der Waals surface area contributed by atoms with Gasteiger partial charge in [0.2, 0.25) is 11.9 Å². The van der Waals surface area contributed by atoms with Gasteiger partial charge in [0.1, 0.15) is 0 Å². The molecule has 1 saturated heterocycles. The Labute approximate surface area is 183 Å². The van der Waals surface area contributed by atoms with Crippen molar-refractivity contribution < 1.29 is 9.53 Å². The van der Waals surface area contributed by atoms with Gasteiger partial charge >= 0.3 is 0 Å². The van der Waals surface area contributed by atoms with Crippen LogP contribution in [0.4, 0.5) is 5.95 Å². The zero-order valence-electron chi connectivity index (χ0n) is 18.0. The first kappa shape index (κ1) is 22.6. The van der Waals surface area contributed by atoms with E-state index in [0.29, 0.717) is 25.5 Å². The van der Waals surface area contributed by atoms with Crippen LogP contribution in [0.2, 0.25) is 0 Å². The average molecular weight is 432 g/mol. The zero-order chi connectivity index (χ0) is 21.2. The summed E-state index contributed by atoms with van der Waals surface area (Å²) < 4.78 is 7.59.